The molecule has 0 spiro atoms. The minimum atomic E-state index is -0.618. The predicted molar refractivity (Wildman–Crippen MR) is 65.1 cm³/mol. The molecule has 2 amide bonds. The van der Waals surface area contributed by atoms with Crippen LogP contribution in [0.5, 0.6) is 0 Å². The predicted octanol–water partition coefficient (Wildman–Crippen LogP) is 2.89. The summed E-state index contributed by atoms with van der Waals surface area (Å²) in [5.41, 5.74) is 0.968. The minimum Gasteiger partial charge on any atom is -0.332 e. The van der Waals surface area contributed by atoms with Gasteiger partial charge >= 0.3 is 6.03 Å². The van der Waals surface area contributed by atoms with Gasteiger partial charge in [-0.2, -0.15) is 5.06 Å². The Morgan fingerprint density at radius 2 is 2.11 bits per heavy atom. The van der Waals surface area contributed by atoms with Gasteiger partial charge in [-0.3, -0.25) is 0 Å². The SMILES string of the molecule is Cc1ccc(F)c(C2ON2C(=O)NC(C)(C)C)c1. The molecular formula is C13H17FN2O2. The number of amides is 2. The summed E-state index contributed by atoms with van der Waals surface area (Å²) >= 11 is 0. The lowest BCUT2D eigenvalue weighted by atomic mass is 10.1. The molecule has 2 rings (SSSR count). The number of nitrogens with zero attached hydrogens (tertiary/aromatic N) is 1. The second-order valence-corrected chi connectivity index (χ2v) is 5.49. The van der Waals surface area contributed by atoms with Crippen molar-refractivity contribution in [2.24, 2.45) is 0 Å². The Balaban J connectivity index is 2.07. The lowest BCUT2D eigenvalue weighted by Crippen LogP contribution is -2.43. The Hall–Kier alpha value is -1.62. The van der Waals surface area contributed by atoms with Crippen molar-refractivity contribution in [3.8, 4) is 0 Å². The Labute approximate surface area is 106 Å². The van der Waals surface area contributed by atoms with Crippen molar-refractivity contribution in [1.29, 1.82) is 0 Å². The molecule has 1 atom stereocenters. The number of halogens is 1. The van der Waals surface area contributed by atoms with Gasteiger partial charge in [0.15, 0.2) is 0 Å². The highest BCUT2D eigenvalue weighted by molar-refractivity contribution is 5.75. The molecule has 1 unspecified atom stereocenters. The molecule has 1 aliphatic rings. The van der Waals surface area contributed by atoms with Crippen LogP contribution in [0.1, 0.15) is 38.1 Å². The van der Waals surface area contributed by atoms with Crippen LogP contribution in [-0.2, 0) is 4.84 Å². The molecule has 0 aliphatic carbocycles. The normalized spacial score (nSPS) is 18.7. The molecule has 0 saturated carbocycles. The molecule has 4 nitrogen and oxygen atoms in total. The van der Waals surface area contributed by atoms with Gasteiger partial charge in [0.05, 0.1) is 0 Å². The van der Waals surface area contributed by atoms with E-state index in [1.807, 2.05) is 27.7 Å². The summed E-state index contributed by atoms with van der Waals surface area (Å²) in [5, 5.41) is 3.90. The maximum absolute atomic E-state index is 13.6. The second kappa shape index (κ2) is 4.24. The van der Waals surface area contributed by atoms with E-state index in [4.69, 9.17) is 4.84 Å². The summed E-state index contributed by atoms with van der Waals surface area (Å²) in [6, 6.07) is 4.39. The number of carbonyl (C=O) groups excluding carboxylic acids is 1. The van der Waals surface area contributed by atoms with Crippen LogP contribution in [0.4, 0.5) is 9.18 Å². The van der Waals surface area contributed by atoms with Gasteiger partial charge in [-0.25, -0.2) is 14.0 Å². The summed E-state index contributed by atoms with van der Waals surface area (Å²) in [4.78, 5) is 16.9. The Morgan fingerprint density at radius 1 is 1.44 bits per heavy atom. The maximum atomic E-state index is 13.6. The van der Waals surface area contributed by atoms with Crippen LogP contribution >= 0.6 is 0 Å². The van der Waals surface area contributed by atoms with Crippen LogP contribution in [0.3, 0.4) is 0 Å². The molecule has 1 saturated heterocycles. The quantitative estimate of drug-likeness (QED) is 0.781. The first-order valence-corrected chi connectivity index (χ1v) is 5.82. The fourth-order valence-electron chi connectivity index (χ4n) is 1.65. The van der Waals surface area contributed by atoms with E-state index in [1.54, 1.807) is 12.1 Å². The zero-order valence-electron chi connectivity index (χ0n) is 11.0. The van der Waals surface area contributed by atoms with E-state index in [2.05, 4.69) is 5.32 Å². The number of nitrogens with one attached hydrogen (secondary N) is 1. The van der Waals surface area contributed by atoms with Gasteiger partial charge in [-0.1, -0.05) is 11.6 Å². The van der Waals surface area contributed by atoms with E-state index in [9.17, 15) is 9.18 Å². The zero-order valence-corrected chi connectivity index (χ0v) is 11.0. The number of carbonyl (C=O) groups is 1. The first-order chi connectivity index (χ1) is 8.28. The van der Waals surface area contributed by atoms with Gasteiger partial charge in [-0.05, 0) is 39.8 Å². The van der Waals surface area contributed by atoms with E-state index < -0.39 is 6.23 Å². The fraction of sp³-hybridized carbons (Fsp3) is 0.462. The number of urea groups is 1. The van der Waals surface area contributed by atoms with E-state index in [0.29, 0.717) is 5.56 Å². The molecule has 1 heterocycles. The molecular weight excluding hydrogens is 235 g/mol. The van der Waals surface area contributed by atoms with Crippen molar-refractivity contribution in [1.82, 2.24) is 10.4 Å². The van der Waals surface area contributed by atoms with Crippen LogP contribution in [0.2, 0.25) is 0 Å². The summed E-state index contributed by atoms with van der Waals surface area (Å²) in [7, 11) is 0. The van der Waals surface area contributed by atoms with Crippen LogP contribution in [0.15, 0.2) is 18.2 Å². The van der Waals surface area contributed by atoms with Gasteiger partial charge in [0.2, 0.25) is 6.23 Å². The molecule has 1 N–H and O–H groups in total. The highest BCUT2D eigenvalue weighted by Gasteiger charge is 2.45. The largest absolute Gasteiger partial charge is 0.344 e. The standard InChI is InChI=1S/C13H17FN2O2/c1-8-5-6-10(14)9(7-8)11-16(18-11)12(17)15-13(2,3)4/h5-7,11H,1-4H3,(H,15,17). The highest BCUT2D eigenvalue weighted by Crippen LogP contribution is 2.38. The molecule has 1 fully saturated rings. The van der Waals surface area contributed by atoms with E-state index in [0.717, 1.165) is 10.6 Å². The average molecular weight is 252 g/mol. The van der Waals surface area contributed by atoms with Gasteiger partial charge in [-0.15, -0.1) is 0 Å². The summed E-state index contributed by atoms with van der Waals surface area (Å²) in [5.74, 6) is -0.364. The first kappa shape index (κ1) is 12.8. The maximum Gasteiger partial charge on any atom is 0.344 e. The van der Waals surface area contributed by atoms with E-state index >= 15 is 0 Å². The van der Waals surface area contributed by atoms with Crippen LogP contribution in [-0.4, -0.2) is 16.6 Å². The molecule has 0 radical (unpaired) electrons. The van der Waals surface area contributed by atoms with Crippen LogP contribution in [0, 0.1) is 12.7 Å². The van der Waals surface area contributed by atoms with Crippen molar-refractivity contribution in [3.63, 3.8) is 0 Å². The topological polar surface area (TPSA) is 44.6 Å². The lowest BCUT2D eigenvalue weighted by Gasteiger charge is -2.19. The Kier molecular flexibility index (Phi) is 3.02. The fourth-order valence-corrected chi connectivity index (χ4v) is 1.65. The summed E-state index contributed by atoms with van der Waals surface area (Å²) < 4.78 is 13.6. The number of hydrogen-bond donors (Lipinski definition) is 1. The number of hydroxylamine groups is 2. The smallest absolute Gasteiger partial charge is 0.332 e. The van der Waals surface area contributed by atoms with Crippen molar-refractivity contribution in [2.45, 2.75) is 39.5 Å². The molecule has 1 aromatic rings. The number of benzene rings is 1. The molecule has 5 heteroatoms. The highest BCUT2D eigenvalue weighted by atomic mass is 19.1. The number of aryl methyl sites for hydroxylation is 1. The lowest BCUT2D eigenvalue weighted by molar-refractivity contribution is 0.169. The Morgan fingerprint density at radius 3 is 2.72 bits per heavy atom. The molecule has 1 aromatic carbocycles. The third-order valence-electron chi connectivity index (χ3n) is 2.48. The first-order valence-electron chi connectivity index (χ1n) is 5.82. The van der Waals surface area contributed by atoms with Crippen molar-refractivity contribution in [3.05, 3.63) is 35.1 Å². The molecule has 98 valence electrons. The molecule has 18 heavy (non-hydrogen) atoms. The van der Waals surface area contributed by atoms with Crippen molar-refractivity contribution in [2.75, 3.05) is 0 Å². The van der Waals surface area contributed by atoms with Crippen molar-refractivity contribution < 1.29 is 14.0 Å². The molecule has 0 bridgehead atoms. The molecule has 1 aliphatic heterocycles. The van der Waals surface area contributed by atoms with E-state index in [-0.39, 0.29) is 17.4 Å². The number of rotatable bonds is 1. The zero-order chi connectivity index (χ0) is 13.5. The number of hydrogen-bond acceptors (Lipinski definition) is 2. The molecule has 0 aromatic heterocycles. The third kappa shape index (κ3) is 2.79. The van der Waals surface area contributed by atoms with Crippen LogP contribution in [0.25, 0.3) is 0 Å². The monoisotopic (exact) mass is 252 g/mol. The van der Waals surface area contributed by atoms with E-state index in [1.165, 1.54) is 6.07 Å². The summed E-state index contributed by atoms with van der Waals surface area (Å²) in [6.07, 6.45) is -0.618. The van der Waals surface area contributed by atoms with Gasteiger partial charge in [0.1, 0.15) is 5.82 Å². The van der Waals surface area contributed by atoms with Crippen molar-refractivity contribution >= 4 is 6.03 Å². The van der Waals surface area contributed by atoms with Gasteiger partial charge in [0.25, 0.3) is 0 Å². The van der Waals surface area contributed by atoms with Gasteiger partial charge < -0.3 is 5.32 Å². The Bertz CT molecular complexity index is 482. The second-order valence-electron chi connectivity index (χ2n) is 5.49. The van der Waals surface area contributed by atoms with Crippen LogP contribution < -0.4 is 5.32 Å². The van der Waals surface area contributed by atoms with Gasteiger partial charge in [0, 0.05) is 11.1 Å². The minimum absolute atomic E-state index is 0.348. The third-order valence-corrected chi connectivity index (χ3v) is 2.48. The summed E-state index contributed by atoms with van der Waals surface area (Å²) in [6.45, 7) is 7.48. The average Bonchev–Trinajstić information content (AvgIpc) is 2.99.